The van der Waals surface area contributed by atoms with E-state index in [4.69, 9.17) is 9.15 Å². The number of ether oxygens (including phenoxy) is 1. The smallest absolute Gasteiger partial charge is 0.410 e. The van der Waals surface area contributed by atoms with Crippen LogP contribution in [-0.2, 0) is 14.6 Å². The molecule has 152 valence electrons. The zero-order valence-corrected chi connectivity index (χ0v) is 16.6. The molecule has 0 spiro atoms. The lowest BCUT2D eigenvalue weighted by Crippen LogP contribution is -2.47. The Morgan fingerprint density at radius 2 is 2.11 bits per heavy atom. The molecule has 0 bridgehead atoms. The number of benzene rings is 1. The molecule has 0 radical (unpaired) electrons. The molecule has 1 amide bonds. The summed E-state index contributed by atoms with van der Waals surface area (Å²) < 4.78 is 36.6. The van der Waals surface area contributed by atoms with Gasteiger partial charge in [0.2, 0.25) is 9.84 Å². The summed E-state index contributed by atoms with van der Waals surface area (Å²) in [5.74, 6) is 0. The number of hydrogen-bond acceptors (Lipinski definition) is 8. The molecule has 1 aliphatic heterocycles. The van der Waals surface area contributed by atoms with E-state index in [1.165, 1.54) is 17.0 Å². The van der Waals surface area contributed by atoms with Gasteiger partial charge in [-0.25, -0.2) is 13.2 Å². The summed E-state index contributed by atoms with van der Waals surface area (Å²) in [6.45, 7) is 5.58. The normalized spacial score (nSPS) is 18.2. The standard InChI is InChI=1S/C17H21N3O7S/c1-17(2,3)27-16(21)19-8-4-5-12(10-19)28(24,25)15-18-13-9-11(20(22)23)6-7-14(13)26-15/h6-7,9,12H,4-5,8,10H2,1-3H3/t12-/m0/s1. The van der Waals surface area contributed by atoms with Gasteiger partial charge in [-0.2, -0.15) is 4.98 Å². The fraction of sp³-hybridized carbons (Fsp3) is 0.529. The predicted molar refractivity (Wildman–Crippen MR) is 98.7 cm³/mol. The first kappa shape index (κ1) is 20.1. The molecule has 2 aromatic rings. The first-order valence-corrected chi connectivity index (χ1v) is 10.3. The number of sulfone groups is 1. The molecule has 28 heavy (non-hydrogen) atoms. The van der Waals surface area contributed by atoms with Crippen LogP contribution in [0.5, 0.6) is 0 Å². The quantitative estimate of drug-likeness (QED) is 0.556. The molecular formula is C17H21N3O7S. The van der Waals surface area contributed by atoms with E-state index in [-0.39, 0.29) is 23.3 Å². The highest BCUT2D eigenvalue weighted by atomic mass is 32.2. The zero-order chi connectivity index (χ0) is 20.7. The Bertz CT molecular complexity index is 1020. The van der Waals surface area contributed by atoms with E-state index in [0.717, 1.165) is 6.07 Å². The highest BCUT2D eigenvalue weighted by Crippen LogP contribution is 2.28. The summed E-state index contributed by atoms with van der Waals surface area (Å²) >= 11 is 0. The van der Waals surface area contributed by atoms with Crippen molar-refractivity contribution in [2.75, 3.05) is 13.1 Å². The van der Waals surface area contributed by atoms with Gasteiger partial charge in [0, 0.05) is 25.2 Å². The molecule has 11 heteroatoms. The highest BCUT2D eigenvalue weighted by Gasteiger charge is 2.38. The summed E-state index contributed by atoms with van der Waals surface area (Å²) in [5.41, 5.74) is -0.659. The van der Waals surface area contributed by atoms with Crippen molar-refractivity contribution < 1.29 is 27.3 Å². The second-order valence-corrected chi connectivity index (χ2v) is 9.73. The Hall–Kier alpha value is -2.69. The van der Waals surface area contributed by atoms with Crippen molar-refractivity contribution in [1.29, 1.82) is 0 Å². The third-order valence-corrected chi connectivity index (χ3v) is 6.20. The predicted octanol–water partition coefficient (Wildman–Crippen LogP) is 2.91. The van der Waals surface area contributed by atoms with E-state index in [0.29, 0.717) is 19.4 Å². The van der Waals surface area contributed by atoms with Crippen molar-refractivity contribution in [2.24, 2.45) is 0 Å². The lowest BCUT2D eigenvalue weighted by atomic mass is 10.1. The minimum atomic E-state index is -3.96. The zero-order valence-electron chi connectivity index (χ0n) is 15.7. The summed E-state index contributed by atoms with van der Waals surface area (Å²) in [7, 11) is -3.96. The van der Waals surface area contributed by atoms with Gasteiger partial charge in [0.15, 0.2) is 5.58 Å². The van der Waals surface area contributed by atoms with Crippen LogP contribution in [0.3, 0.4) is 0 Å². The lowest BCUT2D eigenvalue weighted by molar-refractivity contribution is -0.384. The van der Waals surface area contributed by atoms with Gasteiger partial charge in [0.05, 0.1) is 10.2 Å². The number of nitro groups is 1. The minimum Gasteiger partial charge on any atom is -0.444 e. The van der Waals surface area contributed by atoms with Crippen molar-refractivity contribution >= 4 is 32.7 Å². The number of oxazole rings is 1. The van der Waals surface area contributed by atoms with Crippen LogP contribution >= 0.6 is 0 Å². The lowest BCUT2D eigenvalue weighted by Gasteiger charge is -2.33. The largest absolute Gasteiger partial charge is 0.444 e. The number of nitro benzene ring substituents is 1. The number of carbonyl (C=O) groups is 1. The summed E-state index contributed by atoms with van der Waals surface area (Å²) in [6.07, 6.45) is 0.274. The molecule has 1 aromatic carbocycles. The summed E-state index contributed by atoms with van der Waals surface area (Å²) in [6, 6.07) is 3.69. The molecule has 10 nitrogen and oxygen atoms in total. The molecule has 0 N–H and O–H groups in total. The Morgan fingerprint density at radius 3 is 2.75 bits per heavy atom. The van der Waals surface area contributed by atoms with Gasteiger partial charge in [-0.3, -0.25) is 10.1 Å². The Balaban J connectivity index is 1.84. The van der Waals surface area contributed by atoms with Crippen LogP contribution in [0.1, 0.15) is 33.6 Å². The second-order valence-electron chi connectivity index (χ2n) is 7.62. The second kappa shape index (κ2) is 7.04. The number of fused-ring (bicyclic) bond motifs is 1. The summed E-state index contributed by atoms with van der Waals surface area (Å²) in [4.78, 5) is 27.9. The number of non-ortho nitro benzene ring substituents is 1. The average molecular weight is 411 g/mol. The third-order valence-electron chi connectivity index (χ3n) is 4.27. The van der Waals surface area contributed by atoms with Crippen LogP contribution in [-0.4, -0.2) is 53.3 Å². The Labute approximate surface area is 161 Å². The molecule has 1 atom stereocenters. The van der Waals surface area contributed by atoms with Crippen LogP contribution in [0.2, 0.25) is 0 Å². The first-order chi connectivity index (χ1) is 13.0. The van der Waals surface area contributed by atoms with E-state index < -0.39 is 36.9 Å². The van der Waals surface area contributed by atoms with Gasteiger partial charge < -0.3 is 14.1 Å². The Kier molecular flexibility index (Phi) is 5.04. The van der Waals surface area contributed by atoms with E-state index in [1.807, 2.05) is 0 Å². The number of carbonyl (C=O) groups excluding carboxylic acids is 1. The maximum atomic E-state index is 13.0. The first-order valence-electron chi connectivity index (χ1n) is 8.74. The van der Waals surface area contributed by atoms with Gasteiger partial charge in [-0.1, -0.05) is 0 Å². The van der Waals surface area contributed by atoms with Crippen LogP contribution in [0.15, 0.2) is 27.8 Å². The monoisotopic (exact) mass is 411 g/mol. The third kappa shape index (κ3) is 4.08. The van der Waals surface area contributed by atoms with Gasteiger partial charge in [0.1, 0.15) is 11.1 Å². The molecule has 0 aliphatic carbocycles. The van der Waals surface area contributed by atoms with Crippen LogP contribution in [0.25, 0.3) is 11.1 Å². The van der Waals surface area contributed by atoms with E-state index in [2.05, 4.69) is 4.98 Å². The van der Waals surface area contributed by atoms with Gasteiger partial charge >= 0.3 is 11.3 Å². The highest BCUT2D eigenvalue weighted by molar-refractivity contribution is 7.91. The molecule has 1 aliphatic rings. The van der Waals surface area contributed by atoms with E-state index in [1.54, 1.807) is 20.8 Å². The topological polar surface area (TPSA) is 133 Å². The van der Waals surface area contributed by atoms with E-state index in [9.17, 15) is 23.3 Å². The van der Waals surface area contributed by atoms with Crippen molar-refractivity contribution in [3.05, 3.63) is 28.3 Å². The van der Waals surface area contributed by atoms with Crippen LogP contribution in [0, 0.1) is 10.1 Å². The number of amides is 1. The SMILES string of the molecule is CC(C)(C)OC(=O)N1CCC[C@H](S(=O)(=O)c2nc3cc([N+](=O)[O-])ccc3o2)C1. The number of piperidine rings is 1. The van der Waals surface area contributed by atoms with Crippen molar-refractivity contribution in [3.63, 3.8) is 0 Å². The summed E-state index contributed by atoms with van der Waals surface area (Å²) in [5, 5.41) is 9.48. The maximum Gasteiger partial charge on any atom is 0.410 e. The number of nitrogens with zero attached hydrogens (tertiary/aromatic N) is 3. The molecular weight excluding hydrogens is 390 g/mol. The molecule has 1 fully saturated rings. The van der Waals surface area contributed by atoms with Crippen molar-refractivity contribution in [3.8, 4) is 0 Å². The van der Waals surface area contributed by atoms with Crippen molar-refractivity contribution in [2.45, 2.75) is 49.7 Å². The fourth-order valence-corrected chi connectivity index (χ4v) is 4.53. The number of likely N-dealkylation sites (tertiary alicyclic amines) is 1. The number of hydrogen-bond donors (Lipinski definition) is 0. The van der Waals surface area contributed by atoms with Gasteiger partial charge in [0.25, 0.3) is 5.69 Å². The molecule has 0 unspecified atom stereocenters. The number of rotatable bonds is 3. The molecule has 3 rings (SSSR count). The van der Waals surface area contributed by atoms with Crippen LogP contribution in [0.4, 0.5) is 10.5 Å². The minimum absolute atomic E-state index is 0.0316. The molecule has 1 aromatic heterocycles. The van der Waals surface area contributed by atoms with Gasteiger partial charge in [-0.05, 0) is 39.7 Å². The maximum absolute atomic E-state index is 13.0. The average Bonchev–Trinajstić information content (AvgIpc) is 3.04. The van der Waals surface area contributed by atoms with E-state index >= 15 is 0 Å². The number of aromatic nitrogens is 1. The van der Waals surface area contributed by atoms with Crippen LogP contribution < -0.4 is 0 Å². The Morgan fingerprint density at radius 1 is 1.39 bits per heavy atom. The fourth-order valence-electron chi connectivity index (χ4n) is 2.96. The molecule has 0 saturated carbocycles. The molecule has 2 heterocycles. The van der Waals surface area contributed by atoms with Crippen molar-refractivity contribution in [1.82, 2.24) is 9.88 Å². The van der Waals surface area contributed by atoms with Gasteiger partial charge in [-0.15, -0.1) is 0 Å². The molecule has 1 saturated heterocycles.